The van der Waals surface area contributed by atoms with Gasteiger partial charge in [0, 0.05) is 6.54 Å². The molecule has 5 nitrogen and oxygen atoms in total. The fourth-order valence-electron chi connectivity index (χ4n) is 3.50. The number of ether oxygens (including phenoxy) is 1. The van der Waals surface area contributed by atoms with Crippen molar-refractivity contribution in [3.05, 3.63) is 112 Å². The van der Waals surface area contributed by atoms with E-state index < -0.39 is 5.82 Å². The highest BCUT2D eigenvalue weighted by atomic mass is 19.1. The lowest BCUT2D eigenvalue weighted by molar-refractivity contribution is 0.290. The molecule has 0 saturated carbocycles. The lowest BCUT2D eigenvalue weighted by atomic mass is 10.1. The summed E-state index contributed by atoms with van der Waals surface area (Å²) in [5, 5.41) is 0. The van der Waals surface area contributed by atoms with Gasteiger partial charge < -0.3 is 10.5 Å². The Balaban J connectivity index is 1.70. The Morgan fingerprint density at radius 3 is 2.28 bits per heavy atom. The summed E-state index contributed by atoms with van der Waals surface area (Å²) < 4.78 is 22.6. The third-order valence-corrected chi connectivity index (χ3v) is 5.30. The monoisotopic (exact) mass is 429 g/mol. The minimum Gasteiger partial charge on any atom is -0.486 e. The van der Waals surface area contributed by atoms with Crippen LogP contribution >= 0.6 is 0 Å². The number of benzene rings is 3. The van der Waals surface area contributed by atoms with Crippen molar-refractivity contribution < 1.29 is 9.13 Å². The van der Waals surface area contributed by atoms with Gasteiger partial charge in [0.1, 0.15) is 18.1 Å². The predicted molar refractivity (Wildman–Crippen MR) is 124 cm³/mol. The summed E-state index contributed by atoms with van der Waals surface area (Å²) in [6.07, 6.45) is 0.587. The van der Waals surface area contributed by atoms with E-state index in [1.807, 2.05) is 60.7 Å². The van der Waals surface area contributed by atoms with Crippen LogP contribution in [0.25, 0.3) is 11.4 Å². The third kappa shape index (κ3) is 4.54. The first-order valence-corrected chi connectivity index (χ1v) is 10.4. The Morgan fingerprint density at radius 2 is 1.59 bits per heavy atom. The topological polar surface area (TPSA) is 70.1 Å². The first-order chi connectivity index (χ1) is 15.5. The van der Waals surface area contributed by atoms with Crippen LogP contribution in [0.5, 0.6) is 5.75 Å². The number of nitrogen functional groups attached to an aromatic ring is 1. The quantitative estimate of drug-likeness (QED) is 0.460. The largest absolute Gasteiger partial charge is 0.486 e. The van der Waals surface area contributed by atoms with E-state index in [1.165, 1.54) is 4.57 Å². The molecule has 2 N–H and O–H groups in total. The molecule has 0 amide bonds. The number of aryl methyl sites for hydroxylation is 2. The van der Waals surface area contributed by atoms with Crippen LogP contribution in [-0.4, -0.2) is 9.55 Å². The second-order valence-electron chi connectivity index (χ2n) is 7.52. The van der Waals surface area contributed by atoms with Gasteiger partial charge in [-0.25, -0.2) is 9.37 Å². The van der Waals surface area contributed by atoms with Crippen LogP contribution in [0.1, 0.15) is 16.8 Å². The van der Waals surface area contributed by atoms with Crippen molar-refractivity contribution in [3.8, 4) is 17.1 Å². The number of hydrogen-bond donors (Lipinski definition) is 1. The fourth-order valence-corrected chi connectivity index (χ4v) is 3.50. The van der Waals surface area contributed by atoms with E-state index in [1.54, 1.807) is 25.1 Å². The molecule has 3 aromatic carbocycles. The Hall–Kier alpha value is -3.93. The summed E-state index contributed by atoms with van der Waals surface area (Å²) >= 11 is 0. The van der Waals surface area contributed by atoms with Gasteiger partial charge in [-0.05, 0) is 36.6 Å². The lowest BCUT2D eigenvalue weighted by Crippen LogP contribution is -2.28. The van der Waals surface area contributed by atoms with Gasteiger partial charge in [0.05, 0.1) is 11.3 Å². The number of aromatic nitrogens is 2. The number of halogens is 1. The Morgan fingerprint density at radius 1 is 0.938 bits per heavy atom. The van der Waals surface area contributed by atoms with Crippen molar-refractivity contribution in [1.82, 2.24) is 9.55 Å². The van der Waals surface area contributed by atoms with E-state index >= 15 is 4.39 Å². The molecule has 0 fully saturated rings. The van der Waals surface area contributed by atoms with Crippen LogP contribution in [-0.2, 0) is 19.6 Å². The summed E-state index contributed by atoms with van der Waals surface area (Å²) in [5.74, 6) is -0.224. The molecule has 32 heavy (non-hydrogen) atoms. The van der Waals surface area contributed by atoms with Crippen LogP contribution in [0.2, 0.25) is 0 Å². The molecule has 1 heterocycles. The Kier molecular flexibility index (Phi) is 6.31. The average molecular weight is 429 g/mol. The minimum atomic E-state index is -0.562. The van der Waals surface area contributed by atoms with Crippen molar-refractivity contribution >= 4 is 5.69 Å². The molecule has 0 atom stereocenters. The normalized spacial score (nSPS) is 10.8. The summed E-state index contributed by atoms with van der Waals surface area (Å²) in [7, 11) is 0. The molecule has 0 unspecified atom stereocenters. The van der Waals surface area contributed by atoms with Gasteiger partial charge in [-0.3, -0.25) is 9.36 Å². The van der Waals surface area contributed by atoms with Crippen LogP contribution in [0.15, 0.2) is 83.7 Å². The highest BCUT2D eigenvalue weighted by Crippen LogP contribution is 2.29. The van der Waals surface area contributed by atoms with Crippen molar-refractivity contribution in [3.63, 3.8) is 0 Å². The SMILES string of the molecule is Cc1nc(-c2cccc(OCc3ccccc3)c2F)n(CCc2ccccc2)c(=O)c1N. The van der Waals surface area contributed by atoms with Gasteiger partial charge >= 0.3 is 0 Å². The van der Waals surface area contributed by atoms with E-state index in [-0.39, 0.29) is 35.0 Å². The van der Waals surface area contributed by atoms with E-state index in [0.29, 0.717) is 18.7 Å². The van der Waals surface area contributed by atoms with Gasteiger partial charge in [-0.1, -0.05) is 66.7 Å². The highest BCUT2D eigenvalue weighted by Gasteiger charge is 2.19. The molecule has 0 aliphatic rings. The average Bonchev–Trinajstić information content (AvgIpc) is 2.82. The molecule has 0 spiro atoms. The predicted octanol–water partition coefficient (Wildman–Crippen LogP) is 4.76. The van der Waals surface area contributed by atoms with E-state index in [2.05, 4.69) is 4.98 Å². The van der Waals surface area contributed by atoms with Crippen molar-refractivity contribution in [2.24, 2.45) is 0 Å². The summed E-state index contributed by atoms with van der Waals surface area (Å²) in [5.41, 5.74) is 8.21. The number of anilines is 1. The number of hydrogen-bond acceptors (Lipinski definition) is 4. The highest BCUT2D eigenvalue weighted by molar-refractivity contribution is 5.61. The Bertz CT molecular complexity index is 1270. The molecule has 0 aliphatic carbocycles. The third-order valence-electron chi connectivity index (χ3n) is 5.30. The van der Waals surface area contributed by atoms with E-state index in [4.69, 9.17) is 10.5 Å². The van der Waals surface area contributed by atoms with Gasteiger partial charge in [0.2, 0.25) is 0 Å². The molecule has 0 saturated heterocycles. The zero-order chi connectivity index (χ0) is 22.5. The molecular formula is C26H24FN3O2. The van der Waals surface area contributed by atoms with Gasteiger partial charge in [-0.2, -0.15) is 0 Å². The number of nitrogens with zero attached hydrogens (tertiary/aromatic N) is 2. The zero-order valence-electron chi connectivity index (χ0n) is 17.8. The van der Waals surface area contributed by atoms with Crippen LogP contribution in [0.3, 0.4) is 0 Å². The lowest BCUT2D eigenvalue weighted by Gasteiger charge is -2.16. The maximum Gasteiger partial charge on any atom is 0.277 e. The van der Waals surface area contributed by atoms with E-state index in [0.717, 1.165) is 11.1 Å². The minimum absolute atomic E-state index is 0.0682. The van der Waals surface area contributed by atoms with Crippen LogP contribution < -0.4 is 16.0 Å². The second kappa shape index (κ2) is 9.47. The maximum absolute atomic E-state index is 15.5. The first-order valence-electron chi connectivity index (χ1n) is 10.4. The van der Waals surface area contributed by atoms with Crippen molar-refractivity contribution in [2.45, 2.75) is 26.5 Å². The van der Waals surface area contributed by atoms with Gasteiger partial charge in [-0.15, -0.1) is 0 Å². The number of nitrogens with two attached hydrogens (primary N) is 1. The first kappa shape index (κ1) is 21.3. The summed E-state index contributed by atoms with van der Waals surface area (Å²) in [6, 6.07) is 24.2. The number of rotatable bonds is 7. The smallest absolute Gasteiger partial charge is 0.277 e. The van der Waals surface area contributed by atoms with Crippen molar-refractivity contribution in [1.29, 1.82) is 0 Å². The molecule has 162 valence electrons. The second-order valence-corrected chi connectivity index (χ2v) is 7.52. The van der Waals surface area contributed by atoms with Crippen LogP contribution in [0.4, 0.5) is 10.1 Å². The molecule has 0 radical (unpaired) electrons. The molecule has 0 aliphatic heterocycles. The summed E-state index contributed by atoms with van der Waals surface area (Å²) in [4.78, 5) is 17.4. The van der Waals surface area contributed by atoms with Gasteiger partial charge in [0.15, 0.2) is 11.6 Å². The molecule has 0 bridgehead atoms. The molecule has 4 aromatic rings. The zero-order valence-corrected chi connectivity index (χ0v) is 17.8. The standard InChI is InChI=1S/C26H24FN3O2/c1-18-24(28)26(31)30(16-15-19-9-4-2-5-10-19)25(29-18)21-13-8-14-22(23(21)27)32-17-20-11-6-3-7-12-20/h2-14H,15-17,28H2,1H3. The molecular weight excluding hydrogens is 405 g/mol. The van der Waals surface area contributed by atoms with Crippen molar-refractivity contribution in [2.75, 3.05) is 5.73 Å². The molecule has 4 rings (SSSR count). The maximum atomic E-state index is 15.5. The van der Waals surface area contributed by atoms with E-state index in [9.17, 15) is 4.79 Å². The fraction of sp³-hybridized carbons (Fsp3) is 0.154. The van der Waals surface area contributed by atoms with Gasteiger partial charge in [0.25, 0.3) is 5.56 Å². The summed E-state index contributed by atoms with van der Waals surface area (Å²) in [6.45, 7) is 2.20. The Labute approximate surface area is 185 Å². The molecule has 6 heteroatoms. The van der Waals surface area contributed by atoms with Crippen LogP contribution in [0, 0.1) is 12.7 Å². The molecule has 1 aromatic heterocycles.